The minimum Gasteiger partial charge on any atom is -0.268 e. The smallest absolute Gasteiger partial charge is 0.0494 e. The van der Waals surface area contributed by atoms with Gasteiger partial charge in [0.25, 0.3) is 0 Å². The minimum atomic E-state index is 0.215. The molecule has 48 valence electrons. The maximum absolute atomic E-state index is 5.61. The van der Waals surface area contributed by atoms with E-state index in [2.05, 4.69) is 27.7 Å². The van der Waals surface area contributed by atoms with Crippen molar-refractivity contribution in [2.75, 3.05) is 0 Å². The van der Waals surface area contributed by atoms with Crippen LogP contribution >= 0.6 is 0 Å². The van der Waals surface area contributed by atoms with Crippen molar-refractivity contribution in [1.29, 1.82) is 0 Å². The van der Waals surface area contributed by atoms with Crippen molar-refractivity contribution in [2.45, 2.75) is 38.8 Å². The summed E-state index contributed by atoms with van der Waals surface area (Å²) in [5, 5.41) is 1.88. The summed E-state index contributed by atoms with van der Waals surface area (Å²) in [6.45, 7) is 8.58. The van der Waals surface area contributed by atoms with Crippen molar-refractivity contribution in [3.05, 3.63) is 0 Å². The first-order chi connectivity index (χ1) is 3.40. The zero-order valence-electron chi connectivity index (χ0n) is 6.02. The van der Waals surface area contributed by atoms with E-state index in [-0.39, 0.29) is 11.1 Å². The van der Waals surface area contributed by atoms with Crippen molar-refractivity contribution in [2.24, 2.45) is 5.84 Å². The highest BCUT2D eigenvalue weighted by atomic mass is 15.6. The summed E-state index contributed by atoms with van der Waals surface area (Å²) in [7, 11) is 0. The predicted molar refractivity (Wildman–Crippen MR) is 34.2 cm³/mol. The Morgan fingerprint density at radius 2 is 1.12 bits per heavy atom. The molecule has 1 aliphatic rings. The summed E-state index contributed by atoms with van der Waals surface area (Å²) in [6.07, 6.45) is 0. The third kappa shape index (κ3) is 0.400. The van der Waals surface area contributed by atoms with E-state index in [1.807, 2.05) is 5.01 Å². The third-order valence-corrected chi connectivity index (χ3v) is 2.65. The van der Waals surface area contributed by atoms with E-state index in [9.17, 15) is 0 Å². The van der Waals surface area contributed by atoms with Gasteiger partial charge in [-0.3, -0.25) is 5.84 Å². The molecule has 0 saturated carbocycles. The standard InChI is InChI=1S/C6H14N2/c1-5(2)6(3,4)8(5)7/h7H2,1-4H3. The highest BCUT2D eigenvalue weighted by Crippen LogP contribution is 2.46. The maximum Gasteiger partial charge on any atom is 0.0494 e. The molecule has 1 aliphatic heterocycles. The van der Waals surface area contributed by atoms with Crippen LogP contribution < -0.4 is 5.84 Å². The fraction of sp³-hybridized carbons (Fsp3) is 1.00. The molecule has 1 heterocycles. The van der Waals surface area contributed by atoms with Crippen LogP contribution in [-0.2, 0) is 0 Å². The van der Waals surface area contributed by atoms with Crippen LogP contribution in [-0.4, -0.2) is 16.1 Å². The Hall–Kier alpha value is -0.0800. The third-order valence-electron chi connectivity index (χ3n) is 2.65. The lowest BCUT2D eigenvalue weighted by molar-refractivity contribution is 0.435. The Morgan fingerprint density at radius 1 is 1.00 bits per heavy atom. The summed E-state index contributed by atoms with van der Waals surface area (Å²) >= 11 is 0. The van der Waals surface area contributed by atoms with Gasteiger partial charge in [0.05, 0.1) is 0 Å². The Labute approximate surface area is 50.6 Å². The van der Waals surface area contributed by atoms with Crippen LogP contribution in [0.2, 0.25) is 0 Å². The minimum absolute atomic E-state index is 0.215. The molecule has 2 heteroatoms. The molecule has 8 heavy (non-hydrogen) atoms. The Morgan fingerprint density at radius 3 is 1.12 bits per heavy atom. The van der Waals surface area contributed by atoms with Gasteiger partial charge in [-0.1, -0.05) is 0 Å². The summed E-state index contributed by atoms with van der Waals surface area (Å²) < 4.78 is 0. The second-order valence-corrected chi connectivity index (χ2v) is 3.49. The summed E-state index contributed by atoms with van der Waals surface area (Å²) in [5.74, 6) is 5.61. The van der Waals surface area contributed by atoms with E-state index in [4.69, 9.17) is 5.84 Å². The Kier molecular flexibility index (Phi) is 0.823. The second-order valence-electron chi connectivity index (χ2n) is 3.49. The first-order valence-corrected chi connectivity index (χ1v) is 2.96. The van der Waals surface area contributed by atoms with Crippen LogP contribution in [0.15, 0.2) is 0 Å². The highest BCUT2D eigenvalue weighted by Gasteiger charge is 2.61. The van der Waals surface area contributed by atoms with Gasteiger partial charge in [-0.05, 0) is 27.7 Å². The first-order valence-electron chi connectivity index (χ1n) is 2.96. The lowest BCUT2D eigenvalue weighted by Crippen LogP contribution is -2.16. The molecule has 1 saturated heterocycles. The van der Waals surface area contributed by atoms with E-state index in [0.717, 1.165) is 0 Å². The quantitative estimate of drug-likeness (QED) is 0.371. The van der Waals surface area contributed by atoms with Crippen LogP contribution in [0.3, 0.4) is 0 Å². The molecular weight excluding hydrogens is 100 g/mol. The van der Waals surface area contributed by atoms with Gasteiger partial charge < -0.3 is 0 Å². The molecule has 0 bridgehead atoms. The molecule has 0 radical (unpaired) electrons. The summed E-state index contributed by atoms with van der Waals surface area (Å²) in [6, 6.07) is 0. The largest absolute Gasteiger partial charge is 0.268 e. The molecule has 2 nitrogen and oxygen atoms in total. The van der Waals surface area contributed by atoms with Gasteiger partial charge in [0.1, 0.15) is 0 Å². The molecule has 0 spiro atoms. The molecule has 0 aromatic rings. The number of rotatable bonds is 0. The molecule has 0 atom stereocenters. The number of hydrazine groups is 1. The van der Waals surface area contributed by atoms with Gasteiger partial charge in [-0.2, -0.15) is 0 Å². The highest BCUT2D eigenvalue weighted by molar-refractivity contribution is 5.16. The topological polar surface area (TPSA) is 29.0 Å². The van der Waals surface area contributed by atoms with E-state index < -0.39 is 0 Å². The van der Waals surface area contributed by atoms with Crippen molar-refractivity contribution in [1.82, 2.24) is 5.01 Å². The van der Waals surface area contributed by atoms with Gasteiger partial charge in [-0.15, -0.1) is 0 Å². The van der Waals surface area contributed by atoms with Crippen LogP contribution in [0.1, 0.15) is 27.7 Å². The molecule has 0 amide bonds. The van der Waals surface area contributed by atoms with Gasteiger partial charge in [0.2, 0.25) is 0 Å². The summed E-state index contributed by atoms with van der Waals surface area (Å²) in [4.78, 5) is 0. The number of nitrogens with two attached hydrogens (primary N) is 1. The predicted octanol–water partition coefficient (Wildman–Crippen LogP) is 0.733. The van der Waals surface area contributed by atoms with Crippen molar-refractivity contribution >= 4 is 0 Å². The second kappa shape index (κ2) is 1.09. The van der Waals surface area contributed by atoms with Gasteiger partial charge in [0, 0.05) is 11.1 Å². The number of hydrogen-bond donors (Lipinski definition) is 1. The monoisotopic (exact) mass is 114 g/mol. The molecular formula is C6H14N2. The molecule has 2 N–H and O–H groups in total. The molecule has 1 fully saturated rings. The van der Waals surface area contributed by atoms with Crippen molar-refractivity contribution in [3.63, 3.8) is 0 Å². The summed E-state index contributed by atoms with van der Waals surface area (Å²) in [5.41, 5.74) is 0.431. The fourth-order valence-corrected chi connectivity index (χ4v) is 0.958. The zero-order chi connectivity index (χ0) is 6.58. The van der Waals surface area contributed by atoms with Gasteiger partial charge in [-0.25, -0.2) is 5.01 Å². The van der Waals surface area contributed by atoms with Crippen LogP contribution in [0, 0.1) is 0 Å². The van der Waals surface area contributed by atoms with Crippen molar-refractivity contribution in [3.8, 4) is 0 Å². The zero-order valence-corrected chi connectivity index (χ0v) is 6.02. The lowest BCUT2D eigenvalue weighted by atomic mass is 10.0. The molecule has 0 unspecified atom stereocenters. The molecule has 0 aromatic heterocycles. The van der Waals surface area contributed by atoms with Gasteiger partial charge >= 0.3 is 0 Å². The van der Waals surface area contributed by atoms with E-state index in [0.29, 0.717) is 0 Å². The maximum atomic E-state index is 5.61. The normalized spacial score (nSPS) is 32.6. The van der Waals surface area contributed by atoms with Crippen LogP contribution in [0.25, 0.3) is 0 Å². The first kappa shape index (κ1) is 6.05. The Bertz CT molecular complexity index is 102. The van der Waals surface area contributed by atoms with Gasteiger partial charge in [0.15, 0.2) is 0 Å². The van der Waals surface area contributed by atoms with E-state index in [1.54, 1.807) is 0 Å². The fourth-order valence-electron chi connectivity index (χ4n) is 0.958. The average molecular weight is 114 g/mol. The number of hydrogen-bond acceptors (Lipinski definition) is 2. The Balaban J connectivity index is 2.72. The van der Waals surface area contributed by atoms with Crippen molar-refractivity contribution < 1.29 is 0 Å². The molecule has 0 aliphatic carbocycles. The average Bonchev–Trinajstić information content (AvgIpc) is 1.88. The molecule has 1 rings (SSSR count). The number of nitrogens with zero attached hydrogens (tertiary/aromatic N) is 1. The van der Waals surface area contributed by atoms with Crippen LogP contribution in [0.5, 0.6) is 0 Å². The van der Waals surface area contributed by atoms with E-state index in [1.165, 1.54) is 0 Å². The van der Waals surface area contributed by atoms with Crippen LogP contribution in [0.4, 0.5) is 0 Å². The SMILES string of the molecule is CC1(C)N(N)C1(C)C. The molecule has 0 aromatic carbocycles. The van der Waals surface area contributed by atoms with E-state index >= 15 is 0 Å². The lowest BCUT2D eigenvalue weighted by Gasteiger charge is -1.98.